The van der Waals surface area contributed by atoms with Gasteiger partial charge >= 0.3 is 0 Å². The summed E-state index contributed by atoms with van der Waals surface area (Å²) in [6, 6.07) is 8.53. The maximum Gasteiger partial charge on any atom is 0.296 e. The number of ether oxygens (including phenoxy) is 4. The number of methoxy groups -OCH3 is 4. The van der Waals surface area contributed by atoms with Crippen molar-refractivity contribution < 1.29 is 28.5 Å². The van der Waals surface area contributed by atoms with E-state index in [1.54, 1.807) is 38.5 Å². The van der Waals surface area contributed by atoms with E-state index in [0.29, 0.717) is 34.3 Å². The molecule has 1 amide bonds. The molecule has 1 aliphatic heterocycles. The van der Waals surface area contributed by atoms with E-state index in [9.17, 15) is 9.59 Å². The van der Waals surface area contributed by atoms with Gasteiger partial charge in [0.2, 0.25) is 0 Å². The number of hydrogen-bond donors (Lipinski definition) is 1. The molecule has 3 rings (SSSR count). The van der Waals surface area contributed by atoms with Gasteiger partial charge in [0.05, 0.1) is 28.4 Å². The molecule has 2 aromatic rings. The number of ketones is 1. The number of fused-ring (bicyclic) bond motifs is 1. The Bertz CT molecular complexity index is 948. The lowest BCUT2D eigenvalue weighted by Crippen LogP contribution is -2.35. The molecule has 0 aromatic heterocycles. The van der Waals surface area contributed by atoms with E-state index in [-0.39, 0.29) is 5.56 Å². The van der Waals surface area contributed by atoms with Gasteiger partial charge in [-0.25, -0.2) is 0 Å². The zero-order valence-electron chi connectivity index (χ0n) is 15.4. The molecule has 0 unspecified atom stereocenters. The van der Waals surface area contributed by atoms with Crippen LogP contribution < -0.4 is 24.3 Å². The third-order valence-corrected chi connectivity index (χ3v) is 4.23. The summed E-state index contributed by atoms with van der Waals surface area (Å²) in [4.78, 5) is 24.4. The SMILES string of the molecule is COc1ccc(/C=C2\NC(=O)C(=O)c3cc(OC)c(OC)cc32)cc1OC. The fourth-order valence-electron chi connectivity index (χ4n) is 2.88. The Labute approximate surface area is 156 Å². The maximum absolute atomic E-state index is 12.3. The molecule has 0 fully saturated rings. The van der Waals surface area contributed by atoms with Crippen molar-refractivity contribution in [2.75, 3.05) is 28.4 Å². The van der Waals surface area contributed by atoms with Crippen LogP contribution in [0.3, 0.4) is 0 Å². The van der Waals surface area contributed by atoms with Crippen molar-refractivity contribution in [2.45, 2.75) is 0 Å². The molecule has 7 nitrogen and oxygen atoms in total. The standard InChI is InChI=1S/C20H19NO6/c1-24-15-6-5-11(8-16(15)25-2)7-14-12-9-17(26-3)18(27-4)10-13(12)19(22)20(23)21-14/h5-10H,1-4H3,(H,21,23)/b14-7-. The molecule has 2 aromatic carbocycles. The van der Waals surface area contributed by atoms with Gasteiger partial charge in [-0.1, -0.05) is 6.07 Å². The fourth-order valence-corrected chi connectivity index (χ4v) is 2.88. The minimum absolute atomic E-state index is 0.253. The Kier molecular flexibility index (Phi) is 5.03. The number of amides is 1. The number of Topliss-reactive ketones (excluding diaryl/α,β-unsaturated/α-hetero) is 1. The van der Waals surface area contributed by atoms with E-state index in [0.717, 1.165) is 5.56 Å². The molecule has 0 atom stereocenters. The highest BCUT2D eigenvalue weighted by Gasteiger charge is 2.30. The molecular weight excluding hydrogens is 350 g/mol. The summed E-state index contributed by atoms with van der Waals surface area (Å²) in [7, 11) is 6.07. The Morgan fingerprint density at radius 3 is 1.89 bits per heavy atom. The molecule has 0 aliphatic carbocycles. The zero-order valence-corrected chi connectivity index (χ0v) is 15.4. The lowest BCUT2D eigenvalue weighted by atomic mass is 9.94. The average molecular weight is 369 g/mol. The van der Waals surface area contributed by atoms with Gasteiger partial charge in [0.1, 0.15) is 0 Å². The quantitative estimate of drug-likeness (QED) is 0.816. The van der Waals surface area contributed by atoms with Gasteiger partial charge in [0.15, 0.2) is 23.0 Å². The number of carbonyl (C=O) groups is 2. The summed E-state index contributed by atoms with van der Waals surface area (Å²) in [5.41, 5.74) is 2.04. The second kappa shape index (κ2) is 7.41. The molecular formula is C20H19NO6. The van der Waals surface area contributed by atoms with E-state index < -0.39 is 11.7 Å². The monoisotopic (exact) mass is 369 g/mol. The first-order chi connectivity index (χ1) is 13.0. The summed E-state index contributed by atoms with van der Waals surface area (Å²) >= 11 is 0. The average Bonchev–Trinajstić information content (AvgIpc) is 2.70. The normalized spacial score (nSPS) is 14.4. The molecule has 140 valence electrons. The Balaban J connectivity index is 2.15. The molecule has 0 saturated carbocycles. The topological polar surface area (TPSA) is 83.1 Å². The molecule has 27 heavy (non-hydrogen) atoms. The van der Waals surface area contributed by atoms with E-state index in [1.165, 1.54) is 20.3 Å². The van der Waals surface area contributed by atoms with Crippen molar-refractivity contribution >= 4 is 23.5 Å². The molecule has 1 aliphatic rings. The second-order valence-corrected chi connectivity index (χ2v) is 5.71. The molecule has 7 heteroatoms. The third-order valence-electron chi connectivity index (χ3n) is 4.23. The lowest BCUT2D eigenvalue weighted by Gasteiger charge is -2.21. The van der Waals surface area contributed by atoms with Crippen molar-refractivity contribution in [3.05, 3.63) is 47.0 Å². The highest BCUT2D eigenvalue weighted by Crippen LogP contribution is 2.36. The van der Waals surface area contributed by atoms with Crippen LogP contribution in [0.1, 0.15) is 21.5 Å². The van der Waals surface area contributed by atoms with Gasteiger partial charge in [0, 0.05) is 16.8 Å². The summed E-state index contributed by atoms with van der Waals surface area (Å²) in [6.45, 7) is 0. The van der Waals surface area contributed by atoms with Crippen molar-refractivity contribution in [2.24, 2.45) is 0 Å². The van der Waals surface area contributed by atoms with Crippen LogP contribution >= 0.6 is 0 Å². The van der Waals surface area contributed by atoms with Crippen molar-refractivity contribution in [3.8, 4) is 23.0 Å². The van der Waals surface area contributed by atoms with E-state index in [4.69, 9.17) is 18.9 Å². The van der Waals surface area contributed by atoms with Crippen LogP contribution in [0.15, 0.2) is 30.3 Å². The van der Waals surface area contributed by atoms with Gasteiger partial charge in [-0.2, -0.15) is 0 Å². The first-order valence-corrected chi connectivity index (χ1v) is 8.08. The highest BCUT2D eigenvalue weighted by molar-refractivity contribution is 6.46. The van der Waals surface area contributed by atoms with Crippen LogP contribution in [-0.4, -0.2) is 40.1 Å². The van der Waals surface area contributed by atoms with Crippen LogP contribution in [0.5, 0.6) is 23.0 Å². The lowest BCUT2D eigenvalue weighted by molar-refractivity contribution is -0.116. The maximum atomic E-state index is 12.3. The number of nitrogens with one attached hydrogen (secondary N) is 1. The number of hydrogen-bond acceptors (Lipinski definition) is 6. The van der Waals surface area contributed by atoms with Gasteiger partial charge < -0.3 is 24.3 Å². The van der Waals surface area contributed by atoms with Crippen LogP contribution in [0, 0.1) is 0 Å². The van der Waals surface area contributed by atoms with Gasteiger partial charge in [-0.3, -0.25) is 9.59 Å². The minimum Gasteiger partial charge on any atom is -0.493 e. The smallest absolute Gasteiger partial charge is 0.296 e. The largest absolute Gasteiger partial charge is 0.493 e. The van der Waals surface area contributed by atoms with Gasteiger partial charge in [0.25, 0.3) is 11.7 Å². The first-order valence-electron chi connectivity index (χ1n) is 8.08. The molecule has 1 heterocycles. The summed E-state index contributed by atoms with van der Waals surface area (Å²) in [5.74, 6) is 0.645. The molecule has 1 N–H and O–H groups in total. The number of carbonyl (C=O) groups excluding carboxylic acids is 2. The predicted molar refractivity (Wildman–Crippen MR) is 99.4 cm³/mol. The summed E-state index contributed by atoms with van der Waals surface area (Å²) < 4.78 is 21.1. The van der Waals surface area contributed by atoms with Crippen LogP contribution in [0.25, 0.3) is 11.8 Å². The minimum atomic E-state index is -0.707. The molecule has 0 radical (unpaired) electrons. The van der Waals surface area contributed by atoms with Crippen LogP contribution in [0.2, 0.25) is 0 Å². The second-order valence-electron chi connectivity index (χ2n) is 5.71. The van der Waals surface area contributed by atoms with Crippen molar-refractivity contribution in [1.29, 1.82) is 0 Å². The van der Waals surface area contributed by atoms with E-state index >= 15 is 0 Å². The Morgan fingerprint density at radius 1 is 0.741 bits per heavy atom. The Hall–Kier alpha value is -3.48. The number of rotatable bonds is 5. The summed E-state index contributed by atoms with van der Waals surface area (Å²) in [5, 5.41) is 2.63. The van der Waals surface area contributed by atoms with Gasteiger partial charge in [-0.15, -0.1) is 0 Å². The van der Waals surface area contributed by atoms with E-state index in [1.807, 2.05) is 6.07 Å². The van der Waals surface area contributed by atoms with Crippen molar-refractivity contribution in [3.63, 3.8) is 0 Å². The zero-order chi connectivity index (χ0) is 19.6. The molecule has 0 spiro atoms. The predicted octanol–water partition coefficient (Wildman–Crippen LogP) is 2.53. The van der Waals surface area contributed by atoms with Crippen molar-refractivity contribution in [1.82, 2.24) is 5.32 Å². The van der Waals surface area contributed by atoms with Gasteiger partial charge in [-0.05, 0) is 35.9 Å². The van der Waals surface area contributed by atoms with E-state index in [2.05, 4.69) is 5.32 Å². The van der Waals surface area contributed by atoms with Crippen LogP contribution in [0.4, 0.5) is 0 Å². The third kappa shape index (κ3) is 3.31. The van der Waals surface area contributed by atoms with Crippen LogP contribution in [-0.2, 0) is 4.79 Å². The Morgan fingerprint density at radius 2 is 1.30 bits per heavy atom. The first kappa shape index (κ1) is 18.3. The highest BCUT2D eigenvalue weighted by atomic mass is 16.5. The molecule has 0 bridgehead atoms. The summed E-state index contributed by atoms with van der Waals surface area (Å²) in [6.07, 6.45) is 1.75. The fraction of sp³-hybridized carbons (Fsp3) is 0.200. The molecule has 0 saturated heterocycles. The number of benzene rings is 2.